The molecule has 1 aliphatic heterocycles. The fraction of sp³-hybridized carbons (Fsp3) is 0.148. The summed E-state index contributed by atoms with van der Waals surface area (Å²) in [6.45, 7) is 6.17. The van der Waals surface area contributed by atoms with Gasteiger partial charge in [0.15, 0.2) is 5.11 Å². The van der Waals surface area contributed by atoms with Crippen molar-refractivity contribution in [1.82, 2.24) is 15.5 Å². The molecule has 7 heteroatoms. The lowest BCUT2D eigenvalue weighted by Crippen LogP contribution is -2.46. The van der Waals surface area contributed by atoms with E-state index in [4.69, 9.17) is 33.3 Å². The molecule has 0 aliphatic carbocycles. The largest absolute Gasteiger partial charge is 0.351 e. The van der Waals surface area contributed by atoms with Crippen LogP contribution >= 0.6 is 23.8 Å². The summed E-state index contributed by atoms with van der Waals surface area (Å²) in [6.07, 6.45) is 0. The number of rotatable bonds is 4. The Hall–Kier alpha value is -3.48. The lowest BCUT2D eigenvalue weighted by molar-refractivity contribution is 0.404. The smallest absolute Gasteiger partial charge is 0.258 e. The van der Waals surface area contributed by atoms with E-state index in [1.54, 1.807) is 0 Å². The van der Waals surface area contributed by atoms with Gasteiger partial charge in [-0.15, -0.1) is 0 Å². The van der Waals surface area contributed by atoms with Gasteiger partial charge in [-0.05, 0) is 80.5 Å². The Balaban J connectivity index is 1.65. The van der Waals surface area contributed by atoms with Crippen molar-refractivity contribution in [2.24, 2.45) is 0 Å². The second-order valence-electron chi connectivity index (χ2n) is 8.40. The van der Waals surface area contributed by atoms with Crippen molar-refractivity contribution in [1.29, 1.82) is 0 Å². The van der Waals surface area contributed by atoms with Gasteiger partial charge in [0.05, 0.1) is 11.6 Å². The van der Waals surface area contributed by atoms with E-state index in [9.17, 15) is 0 Å². The Morgan fingerprint density at radius 1 is 0.941 bits per heavy atom. The molecule has 5 nitrogen and oxygen atoms in total. The first-order chi connectivity index (χ1) is 16.4. The molecular formula is C27H23ClN4OS. The number of aromatic nitrogens is 2. The normalized spacial score (nSPS) is 16.1. The van der Waals surface area contributed by atoms with Gasteiger partial charge in [0.1, 0.15) is 0 Å². The fourth-order valence-electron chi connectivity index (χ4n) is 4.16. The zero-order valence-electron chi connectivity index (χ0n) is 19.0. The molecule has 2 heterocycles. The van der Waals surface area contributed by atoms with Gasteiger partial charge in [-0.1, -0.05) is 58.7 Å². The van der Waals surface area contributed by atoms with Gasteiger partial charge in [-0.3, -0.25) is 4.90 Å². The molecule has 0 fully saturated rings. The third-order valence-electron chi connectivity index (χ3n) is 5.91. The number of hydrogen-bond acceptors (Lipinski definition) is 4. The van der Waals surface area contributed by atoms with Crippen LogP contribution < -0.4 is 10.2 Å². The minimum Gasteiger partial charge on any atom is -0.351 e. The highest BCUT2D eigenvalue weighted by Gasteiger charge is 2.34. The molecule has 4 aromatic rings. The van der Waals surface area contributed by atoms with Crippen molar-refractivity contribution in [2.45, 2.75) is 26.8 Å². The van der Waals surface area contributed by atoms with E-state index in [0.29, 0.717) is 21.9 Å². The first kappa shape index (κ1) is 22.3. The van der Waals surface area contributed by atoms with Crippen LogP contribution in [0.25, 0.3) is 17.0 Å². The van der Waals surface area contributed by atoms with Gasteiger partial charge in [0.2, 0.25) is 5.82 Å². The molecule has 0 saturated carbocycles. The maximum Gasteiger partial charge on any atom is 0.258 e. The van der Waals surface area contributed by atoms with E-state index in [1.807, 2.05) is 48.2 Å². The lowest BCUT2D eigenvalue weighted by atomic mass is 9.94. The number of nitrogens with one attached hydrogen (secondary N) is 1. The first-order valence-electron chi connectivity index (χ1n) is 11.0. The van der Waals surface area contributed by atoms with Crippen molar-refractivity contribution in [3.8, 4) is 11.4 Å². The minimum absolute atomic E-state index is 0.229. The van der Waals surface area contributed by atoms with E-state index in [0.717, 1.165) is 33.6 Å². The molecule has 1 unspecified atom stereocenters. The number of anilines is 1. The predicted octanol–water partition coefficient (Wildman–Crippen LogP) is 6.87. The Bertz CT molecular complexity index is 1390. The van der Waals surface area contributed by atoms with Crippen LogP contribution in [0.4, 0.5) is 5.69 Å². The fourth-order valence-corrected chi connectivity index (χ4v) is 4.64. The summed E-state index contributed by atoms with van der Waals surface area (Å²) in [6, 6.07) is 23.8. The van der Waals surface area contributed by atoms with E-state index in [1.165, 1.54) is 5.56 Å². The van der Waals surface area contributed by atoms with E-state index >= 15 is 0 Å². The number of allylic oxidation sites excluding steroid dienone is 1. The Labute approximate surface area is 209 Å². The van der Waals surface area contributed by atoms with Crippen LogP contribution in [-0.2, 0) is 0 Å². The maximum absolute atomic E-state index is 6.04. The summed E-state index contributed by atoms with van der Waals surface area (Å²) >= 11 is 11.9. The molecule has 5 rings (SSSR count). The monoisotopic (exact) mass is 486 g/mol. The predicted molar refractivity (Wildman–Crippen MR) is 141 cm³/mol. The average molecular weight is 487 g/mol. The summed E-state index contributed by atoms with van der Waals surface area (Å²) in [5, 5.41) is 9.04. The molecule has 1 atom stereocenters. The molecule has 3 aromatic carbocycles. The highest BCUT2D eigenvalue weighted by atomic mass is 35.5. The molecule has 170 valence electrons. The number of halogens is 1. The van der Waals surface area contributed by atoms with Gasteiger partial charge in [-0.2, -0.15) is 4.98 Å². The summed E-state index contributed by atoms with van der Waals surface area (Å²) in [5.41, 5.74) is 7.04. The van der Waals surface area contributed by atoms with Crippen LogP contribution in [0.2, 0.25) is 5.02 Å². The number of benzene rings is 3. The standard InChI is InChI=1S/C27H23ClN4OS/c1-16-7-9-19(10-8-16)24-23(26-30-25(31-33-26)20-11-13-21(28)14-12-20)18(3)32(27(34)29-24)22-6-4-5-17(2)15-22/h4-15,24H,1-3H3,(H,29,34). The lowest BCUT2D eigenvalue weighted by Gasteiger charge is -2.37. The van der Waals surface area contributed by atoms with Crippen molar-refractivity contribution >= 4 is 40.2 Å². The third kappa shape index (κ3) is 4.22. The molecular weight excluding hydrogens is 464 g/mol. The molecule has 34 heavy (non-hydrogen) atoms. The van der Waals surface area contributed by atoms with Gasteiger partial charge in [-0.25, -0.2) is 0 Å². The summed E-state index contributed by atoms with van der Waals surface area (Å²) in [4.78, 5) is 6.78. The van der Waals surface area contributed by atoms with Crippen LogP contribution in [0, 0.1) is 13.8 Å². The molecule has 0 saturated heterocycles. The van der Waals surface area contributed by atoms with Crippen molar-refractivity contribution in [3.63, 3.8) is 0 Å². The van der Waals surface area contributed by atoms with Crippen molar-refractivity contribution in [3.05, 3.63) is 106 Å². The van der Waals surface area contributed by atoms with Crippen LogP contribution in [0.15, 0.2) is 83.0 Å². The maximum atomic E-state index is 6.04. The van der Waals surface area contributed by atoms with Crippen LogP contribution in [0.1, 0.15) is 35.5 Å². The van der Waals surface area contributed by atoms with Crippen LogP contribution in [-0.4, -0.2) is 15.3 Å². The Morgan fingerprint density at radius 2 is 1.68 bits per heavy atom. The van der Waals surface area contributed by atoms with Gasteiger partial charge in [0, 0.05) is 22.0 Å². The second kappa shape index (κ2) is 9.05. The van der Waals surface area contributed by atoms with Gasteiger partial charge >= 0.3 is 0 Å². The summed E-state index contributed by atoms with van der Waals surface area (Å²) in [5.74, 6) is 0.950. The molecule has 1 N–H and O–H groups in total. The van der Waals surface area contributed by atoms with Crippen LogP contribution in [0.5, 0.6) is 0 Å². The second-order valence-corrected chi connectivity index (χ2v) is 9.22. The molecule has 0 spiro atoms. The molecule has 0 radical (unpaired) electrons. The highest BCUT2D eigenvalue weighted by molar-refractivity contribution is 7.80. The quantitative estimate of drug-likeness (QED) is 0.317. The zero-order valence-corrected chi connectivity index (χ0v) is 20.6. The Morgan fingerprint density at radius 3 is 2.38 bits per heavy atom. The molecule has 0 bridgehead atoms. The van der Waals surface area contributed by atoms with Gasteiger partial charge < -0.3 is 9.84 Å². The minimum atomic E-state index is -0.229. The van der Waals surface area contributed by atoms with E-state index in [-0.39, 0.29) is 6.04 Å². The Kier molecular flexibility index (Phi) is 5.94. The van der Waals surface area contributed by atoms with Crippen molar-refractivity contribution in [2.75, 3.05) is 4.90 Å². The zero-order chi connectivity index (χ0) is 23.8. The number of hydrogen-bond donors (Lipinski definition) is 1. The number of nitrogens with zero attached hydrogens (tertiary/aromatic N) is 3. The third-order valence-corrected chi connectivity index (χ3v) is 6.47. The number of thiocarbonyl (C=S) groups is 1. The first-order valence-corrected chi connectivity index (χ1v) is 11.7. The molecule has 0 amide bonds. The SMILES string of the molecule is CC1=C(c2nc(-c3ccc(Cl)cc3)no2)C(c2ccc(C)cc2)NC(=S)N1c1cccc(C)c1. The van der Waals surface area contributed by atoms with Crippen LogP contribution in [0.3, 0.4) is 0 Å². The van der Waals surface area contributed by atoms with Crippen molar-refractivity contribution < 1.29 is 4.52 Å². The highest BCUT2D eigenvalue weighted by Crippen LogP contribution is 2.39. The van der Waals surface area contributed by atoms with E-state index in [2.05, 4.69) is 60.7 Å². The summed E-state index contributed by atoms with van der Waals surface area (Å²) < 4.78 is 5.82. The van der Waals surface area contributed by atoms with E-state index < -0.39 is 0 Å². The average Bonchev–Trinajstić information content (AvgIpc) is 3.29. The number of aryl methyl sites for hydroxylation is 2. The topological polar surface area (TPSA) is 54.2 Å². The molecule has 1 aliphatic rings. The summed E-state index contributed by atoms with van der Waals surface area (Å²) in [7, 11) is 0. The van der Waals surface area contributed by atoms with Gasteiger partial charge in [0.25, 0.3) is 5.89 Å². The molecule has 1 aromatic heterocycles.